The van der Waals surface area contributed by atoms with Crippen molar-refractivity contribution in [3.05, 3.63) is 60.2 Å². The standard InChI is InChI=1S/C22H30N2O2/c1-22(26,11-12-23-13-15-24(16-14-23)17-18-25)21-9-7-20(8-10-21)19-5-3-2-4-6-19/h2-10,25-26H,11-18H2,1H3. The molecule has 2 N–H and O–H groups in total. The molecule has 1 aliphatic rings. The first-order chi connectivity index (χ1) is 12.6. The van der Waals surface area contributed by atoms with Crippen molar-refractivity contribution in [2.45, 2.75) is 18.9 Å². The van der Waals surface area contributed by atoms with Gasteiger partial charge in [0.25, 0.3) is 0 Å². The molecule has 1 heterocycles. The van der Waals surface area contributed by atoms with E-state index in [4.69, 9.17) is 5.11 Å². The fraction of sp³-hybridized carbons (Fsp3) is 0.455. The maximum Gasteiger partial charge on any atom is 0.0880 e. The summed E-state index contributed by atoms with van der Waals surface area (Å²) in [5, 5.41) is 20.0. The molecule has 1 fully saturated rings. The highest BCUT2D eigenvalue weighted by atomic mass is 16.3. The molecule has 4 nitrogen and oxygen atoms in total. The zero-order valence-corrected chi connectivity index (χ0v) is 15.6. The number of hydrogen-bond donors (Lipinski definition) is 2. The normalized spacial score (nSPS) is 18.6. The molecule has 0 aromatic heterocycles. The van der Waals surface area contributed by atoms with Gasteiger partial charge in [-0.05, 0) is 30.0 Å². The predicted octanol–water partition coefficient (Wildman–Crippen LogP) is 2.56. The number of hydrogen-bond acceptors (Lipinski definition) is 4. The molecule has 140 valence electrons. The Morgan fingerprint density at radius 1 is 0.808 bits per heavy atom. The third kappa shape index (κ3) is 4.92. The van der Waals surface area contributed by atoms with Crippen LogP contribution in [0.25, 0.3) is 11.1 Å². The second-order valence-corrected chi connectivity index (χ2v) is 7.37. The summed E-state index contributed by atoms with van der Waals surface area (Å²) in [5.74, 6) is 0. The summed E-state index contributed by atoms with van der Waals surface area (Å²) in [4.78, 5) is 4.69. The maximum absolute atomic E-state index is 10.9. The molecule has 4 heteroatoms. The van der Waals surface area contributed by atoms with Crippen LogP contribution in [0.3, 0.4) is 0 Å². The van der Waals surface area contributed by atoms with Crippen LogP contribution in [-0.2, 0) is 5.60 Å². The molecular weight excluding hydrogens is 324 g/mol. The number of aliphatic hydroxyl groups is 2. The summed E-state index contributed by atoms with van der Waals surface area (Å²) < 4.78 is 0. The highest BCUT2D eigenvalue weighted by Gasteiger charge is 2.25. The van der Waals surface area contributed by atoms with Crippen molar-refractivity contribution in [3.63, 3.8) is 0 Å². The van der Waals surface area contributed by atoms with Crippen LogP contribution in [0.1, 0.15) is 18.9 Å². The first-order valence-electron chi connectivity index (χ1n) is 9.52. The molecule has 2 aromatic rings. The zero-order chi connectivity index (χ0) is 18.4. The molecule has 0 bridgehead atoms. The molecule has 1 unspecified atom stereocenters. The monoisotopic (exact) mass is 354 g/mol. The van der Waals surface area contributed by atoms with Crippen LogP contribution < -0.4 is 0 Å². The quantitative estimate of drug-likeness (QED) is 0.802. The van der Waals surface area contributed by atoms with E-state index in [0.717, 1.165) is 51.3 Å². The van der Waals surface area contributed by atoms with Gasteiger partial charge in [-0.25, -0.2) is 0 Å². The molecule has 3 rings (SSSR count). The highest BCUT2D eigenvalue weighted by Crippen LogP contribution is 2.28. The molecule has 2 aromatic carbocycles. The van der Waals surface area contributed by atoms with Crippen LogP contribution in [0.2, 0.25) is 0 Å². The summed E-state index contributed by atoms with van der Waals surface area (Å²) >= 11 is 0. The first kappa shape index (κ1) is 19.1. The van der Waals surface area contributed by atoms with Gasteiger partial charge >= 0.3 is 0 Å². The van der Waals surface area contributed by atoms with Crippen molar-refractivity contribution in [1.82, 2.24) is 9.80 Å². The fourth-order valence-electron chi connectivity index (χ4n) is 3.55. The Labute approximate surface area is 156 Å². The Morgan fingerprint density at radius 2 is 1.35 bits per heavy atom. The van der Waals surface area contributed by atoms with Crippen molar-refractivity contribution >= 4 is 0 Å². The van der Waals surface area contributed by atoms with Crippen molar-refractivity contribution in [2.75, 3.05) is 45.9 Å². The van der Waals surface area contributed by atoms with E-state index in [-0.39, 0.29) is 6.61 Å². The van der Waals surface area contributed by atoms with Crippen molar-refractivity contribution in [1.29, 1.82) is 0 Å². The van der Waals surface area contributed by atoms with E-state index in [1.165, 1.54) is 11.1 Å². The van der Waals surface area contributed by atoms with E-state index in [9.17, 15) is 5.11 Å². The summed E-state index contributed by atoms with van der Waals surface area (Å²) in [6.07, 6.45) is 0.720. The van der Waals surface area contributed by atoms with Gasteiger partial charge in [-0.2, -0.15) is 0 Å². The number of nitrogens with zero attached hydrogens (tertiary/aromatic N) is 2. The minimum atomic E-state index is -0.822. The Morgan fingerprint density at radius 3 is 1.92 bits per heavy atom. The summed E-state index contributed by atoms with van der Waals surface area (Å²) in [7, 11) is 0. The minimum absolute atomic E-state index is 0.230. The zero-order valence-electron chi connectivity index (χ0n) is 15.6. The Hall–Kier alpha value is -1.72. The Balaban J connectivity index is 1.55. The fourth-order valence-corrected chi connectivity index (χ4v) is 3.55. The van der Waals surface area contributed by atoms with Crippen LogP contribution in [-0.4, -0.2) is 65.9 Å². The van der Waals surface area contributed by atoms with Crippen molar-refractivity contribution < 1.29 is 10.2 Å². The average Bonchev–Trinajstić information content (AvgIpc) is 2.69. The molecule has 1 saturated heterocycles. The first-order valence-corrected chi connectivity index (χ1v) is 9.52. The van der Waals surface area contributed by atoms with E-state index < -0.39 is 5.60 Å². The number of piperazine rings is 1. The highest BCUT2D eigenvalue weighted by molar-refractivity contribution is 5.63. The summed E-state index contributed by atoms with van der Waals surface area (Å²) in [6, 6.07) is 18.6. The third-order valence-electron chi connectivity index (χ3n) is 5.41. The van der Waals surface area contributed by atoms with E-state index in [0.29, 0.717) is 0 Å². The summed E-state index contributed by atoms with van der Waals surface area (Å²) in [5.41, 5.74) is 2.51. The summed E-state index contributed by atoms with van der Waals surface area (Å²) in [6.45, 7) is 7.79. The van der Waals surface area contributed by atoms with Crippen molar-refractivity contribution in [2.24, 2.45) is 0 Å². The Kier molecular flexibility index (Phi) is 6.43. The Bertz CT molecular complexity index is 662. The molecule has 0 spiro atoms. The van der Waals surface area contributed by atoms with Gasteiger partial charge in [0.15, 0.2) is 0 Å². The lowest BCUT2D eigenvalue weighted by Crippen LogP contribution is -2.48. The third-order valence-corrected chi connectivity index (χ3v) is 5.41. The largest absolute Gasteiger partial charge is 0.395 e. The van der Waals surface area contributed by atoms with Gasteiger partial charge in [0, 0.05) is 39.3 Å². The molecule has 1 atom stereocenters. The van der Waals surface area contributed by atoms with Gasteiger partial charge in [-0.3, -0.25) is 4.90 Å². The molecule has 0 aliphatic carbocycles. The van der Waals surface area contributed by atoms with Gasteiger partial charge in [0.1, 0.15) is 0 Å². The van der Waals surface area contributed by atoms with E-state index in [1.54, 1.807) is 0 Å². The van der Waals surface area contributed by atoms with Gasteiger partial charge < -0.3 is 15.1 Å². The van der Waals surface area contributed by atoms with Crippen LogP contribution in [0.5, 0.6) is 0 Å². The lowest BCUT2D eigenvalue weighted by molar-refractivity contribution is 0.0274. The number of benzene rings is 2. The molecular formula is C22H30N2O2. The second kappa shape index (κ2) is 8.78. The van der Waals surface area contributed by atoms with Gasteiger partial charge in [-0.15, -0.1) is 0 Å². The predicted molar refractivity (Wildman–Crippen MR) is 106 cm³/mol. The lowest BCUT2D eigenvalue weighted by Gasteiger charge is -2.36. The van der Waals surface area contributed by atoms with E-state index in [1.807, 2.05) is 37.3 Å². The topological polar surface area (TPSA) is 46.9 Å². The lowest BCUT2D eigenvalue weighted by atomic mass is 9.90. The number of β-amino-alcohol motifs (C(OH)–C–C–N with tert-alkyl or cyclic N) is 1. The van der Waals surface area contributed by atoms with Crippen LogP contribution in [0.15, 0.2) is 54.6 Å². The van der Waals surface area contributed by atoms with Gasteiger partial charge in [0.2, 0.25) is 0 Å². The number of aliphatic hydroxyl groups excluding tert-OH is 1. The second-order valence-electron chi connectivity index (χ2n) is 7.37. The number of rotatable bonds is 7. The average molecular weight is 354 g/mol. The smallest absolute Gasteiger partial charge is 0.0880 e. The molecule has 1 aliphatic heterocycles. The van der Waals surface area contributed by atoms with Crippen molar-refractivity contribution in [3.8, 4) is 11.1 Å². The van der Waals surface area contributed by atoms with Crippen LogP contribution in [0.4, 0.5) is 0 Å². The van der Waals surface area contributed by atoms with Crippen LogP contribution in [0, 0.1) is 0 Å². The van der Waals surface area contributed by atoms with Gasteiger partial charge in [0.05, 0.1) is 12.2 Å². The maximum atomic E-state index is 10.9. The van der Waals surface area contributed by atoms with Gasteiger partial charge in [-0.1, -0.05) is 54.6 Å². The molecule has 0 radical (unpaired) electrons. The molecule has 26 heavy (non-hydrogen) atoms. The van der Waals surface area contributed by atoms with E-state index >= 15 is 0 Å². The molecule has 0 saturated carbocycles. The minimum Gasteiger partial charge on any atom is -0.395 e. The SMILES string of the molecule is CC(O)(CCN1CCN(CCO)CC1)c1ccc(-c2ccccc2)cc1. The van der Waals surface area contributed by atoms with E-state index in [2.05, 4.69) is 34.1 Å². The molecule has 0 amide bonds. The van der Waals surface area contributed by atoms with Crippen LogP contribution >= 0.6 is 0 Å².